The summed E-state index contributed by atoms with van der Waals surface area (Å²) >= 11 is 0. The Morgan fingerprint density at radius 1 is 0.659 bits per heavy atom. The second-order valence-electron chi connectivity index (χ2n) is 12.3. The highest BCUT2D eigenvalue weighted by molar-refractivity contribution is 5.51. The van der Waals surface area contributed by atoms with E-state index in [9.17, 15) is 9.59 Å². The van der Waals surface area contributed by atoms with Crippen LogP contribution in [0.4, 0.5) is 0 Å². The fraction of sp³-hybridized carbons (Fsp3) is 0.919. The highest BCUT2D eigenvalue weighted by atomic mass is 16.2. The lowest BCUT2D eigenvalue weighted by Gasteiger charge is -2.18. The van der Waals surface area contributed by atoms with Crippen molar-refractivity contribution >= 4 is 12.2 Å². The number of allylic oxidation sites excluding steroid dienone is 1. The lowest BCUT2D eigenvalue weighted by Crippen LogP contribution is -2.20. The largest absolute Gasteiger partial charge is 0.400 e. The quantitative estimate of drug-likeness (QED) is 0.0743. The molecule has 244 valence electrons. The van der Waals surface area contributed by atoms with Gasteiger partial charge in [-0.15, -0.1) is 0 Å². The first kappa shape index (κ1) is 42.0. The summed E-state index contributed by atoms with van der Waals surface area (Å²) in [5.74, 6) is 4.00. The van der Waals surface area contributed by atoms with Gasteiger partial charge in [0.15, 0.2) is 0 Å². The molecule has 1 aliphatic carbocycles. The summed E-state index contributed by atoms with van der Waals surface area (Å²) in [6.07, 6.45) is 34.0. The normalized spacial score (nSPS) is 15.8. The van der Waals surface area contributed by atoms with Crippen LogP contribution in [0.5, 0.6) is 0 Å². The lowest BCUT2D eigenvalue weighted by atomic mass is 9.88. The van der Waals surface area contributed by atoms with E-state index in [-0.39, 0.29) is 0 Å². The minimum absolute atomic E-state index is 0.727. The van der Waals surface area contributed by atoms with E-state index < -0.39 is 0 Å². The van der Waals surface area contributed by atoms with Crippen molar-refractivity contribution in [2.45, 2.75) is 188 Å². The molecule has 41 heavy (non-hydrogen) atoms. The van der Waals surface area contributed by atoms with Crippen LogP contribution in [-0.2, 0) is 9.59 Å². The van der Waals surface area contributed by atoms with Gasteiger partial charge in [-0.3, -0.25) is 0 Å². The number of aliphatic hydroxyl groups is 1. The van der Waals surface area contributed by atoms with Crippen molar-refractivity contribution in [3.63, 3.8) is 0 Å². The highest BCUT2D eigenvalue weighted by Crippen LogP contribution is 2.24. The van der Waals surface area contributed by atoms with Gasteiger partial charge in [-0.1, -0.05) is 156 Å². The molecule has 0 aromatic carbocycles. The Kier molecular flexibility index (Phi) is 35.9. The molecule has 0 radical (unpaired) electrons. The van der Waals surface area contributed by atoms with Crippen molar-refractivity contribution in [3.8, 4) is 0 Å². The molecule has 2 rings (SSSR count). The second-order valence-corrected chi connectivity index (χ2v) is 12.3. The number of aldehydes is 1. The molecule has 2 aliphatic rings. The van der Waals surface area contributed by atoms with Gasteiger partial charge >= 0.3 is 0 Å². The summed E-state index contributed by atoms with van der Waals surface area (Å²) in [5, 5.41) is 7.00. The first-order valence-corrected chi connectivity index (χ1v) is 18.0. The van der Waals surface area contributed by atoms with E-state index in [1.54, 1.807) is 0 Å². The number of carbonyl (C=O) groups is 1. The number of nitrogens with zero attached hydrogens (tertiary/aromatic N) is 1. The van der Waals surface area contributed by atoms with Crippen molar-refractivity contribution in [3.05, 3.63) is 5.70 Å². The van der Waals surface area contributed by atoms with Crippen LogP contribution in [-0.4, -0.2) is 42.4 Å². The molecule has 1 atom stereocenters. The van der Waals surface area contributed by atoms with Crippen LogP contribution >= 0.6 is 0 Å². The third-order valence-corrected chi connectivity index (χ3v) is 8.55. The van der Waals surface area contributed by atoms with E-state index in [2.05, 4.69) is 24.7 Å². The van der Waals surface area contributed by atoms with Gasteiger partial charge in [0.1, 0.15) is 12.2 Å². The molecule has 1 N–H and O–H groups in total. The van der Waals surface area contributed by atoms with Crippen LogP contribution in [0.15, 0.2) is 5.70 Å². The topological polar surface area (TPSA) is 57.6 Å². The van der Waals surface area contributed by atoms with Crippen LogP contribution in [0.2, 0.25) is 0 Å². The molecule has 1 heterocycles. The molecule has 0 amide bonds. The standard InChI is InChI=1S/C29H53NO2.C5H10.C2H6.CH4O/c1-28-23-24-30(26-28)29(27-32)22-20-18-16-14-12-10-8-6-4-2-3-5-7-9-11-13-15-17-19-21-25-31;1-5-3-2-4-5;2*1-2/h25,28H,2-24,26H2,1H3;5H,2-4H2,1H3;1-2H3;2H,1H3. The molecule has 1 saturated heterocycles. The minimum atomic E-state index is 0.727. The maximum Gasteiger partial charge on any atom is 0.145 e. The van der Waals surface area contributed by atoms with E-state index in [1.165, 1.54) is 135 Å². The summed E-state index contributed by atoms with van der Waals surface area (Å²) in [5.41, 5.74) is 0.928. The first-order chi connectivity index (χ1) is 20.2. The van der Waals surface area contributed by atoms with E-state index in [0.717, 1.165) is 69.7 Å². The summed E-state index contributed by atoms with van der Waals surface area (Å²) in [7, 11) is 1.00. The van der Waals surface area contributed by atoms with Gasteiger partial charge in [0, 0.05) is 26.6 Å². The third kappa shape index (κ3) is 28.8. The summed E-state index contributed by atoms with van der Waals surface area (Å²) in [6.45, 7) is 10.7. The van der Waals surface area contributed by atoms with Gasteiger partial charge in [-0.05, 0) is 37.5 Å². The second kappa shape index (κ2) is 35.1. The van der Waals surface area contributed by atoms with Crippen LogP contribution in [0.3, 0.4) is 0 Å². The average molecular weight is 580 g/mol. The van der Waals surface area contributed by atoms with Crippen molar-refractivity contribution in [2.75, 3.05) is 20.2 Å². The number of carbonyl (C=O) groups excluding carboxylic acids is 2. The van der Waals surface area contributed by atoms with Crippen LogP contribution in [0.1, 0.15) is 188 Å². The van der Waals surface area contributed by atoms with Gasteiger partial charge in [0.2, 0.25) is 0 Å². The molecule has 4 nitrogen and oxygen atoms in total. The first-order valence-electron chi connectivity index (χ1n) is 18.0. The number of hydrogen-bond acceptors (Lipinski definition) is 4. The molecule has 0 bridgehead atoms. The molecular weight excluding hydrogens is 506 g/mol. The third-order valence-electron chi connectivity index (χ3n) is 8.55. The van der Waals surface area contributed by atoms with Gasteiger partial charge in [0.25, 0.3) is 0 Å². The van der Waals surface area contributed by atoms with Gasteiger partial charge in [-0.2, -0.15) is 0 Å². The molecule has 0 aromatic heterocycles. The van der Waals surface area contributed by atoms with Crippen molar-refractivity contribution in [1.82, 2.24) is 4.90 Å². The Morgan fingerprint density at radius 3 is 1.29 bits per heavy atom. The van der Waals surface area contributed by atoms with E-state index in [4.69, 9.17) is 5.11 Å². The highest BCUT2D eigenvalue weighted by Gasteiger charge is 2.20. The lowest BCUT2D eigenvalue weighted by molar-refractivity contribution is -0.107. The van der Waals surface area contributed by atoms with Crippen molar-refractivity contribution < 1.29 is 14.7 Å². The molecule has 1 saturated carbocycles. The van der Waals surface area contributed by atoms with Crippen LogP contribution in [0.25, 0.3) is 0 Å². The zero-order valence-electron chi connectivity index (χ0n) is 28.5. The molecule has 1 unspecified atom stereocenters. The smallest absolute Gasteiger partial charge is 0.145 e. The molecule has 2 fully saturated rings. The molecule has 1 aliphatic heterocycles. The Labute approximate surface area is 257 Å². The fourth-order valence-corrected chi connectivity index (χ4v) is 5.59. The van der Waals surface area contributed by atoms with E-state index >= 15 is 0 Å². The average Bonchev–Trinajstić information content (AvgIpc) is 3.43. The van der Waals surface area contributed by atoms with Gasteiger partial charge in [-0.25, -0.2) is 4.79 Å². The number of rotatable bonds is 23. The number of hydrogen-bond donors (Lipinski definition) is 1. The number of aliphatic hydroxyl groups excluding tert-OH is 1. The summed E-state index contributed by atoms with van der Waals surface area (Å²) in [6, 6.07) is 0. The van der Waals surface area contributed by atoms with Crippen molar-refractivity contribution in [1.29, 1.82) is 0 Å². The summed E-state index contributed by atoms with van der Waals surface area (Å²) in [4.78, 5) is 23.7. The Hall–Kier alpha value is -1.12. The van der Waals surface area contributed by atoms with Gasteiger partial charge in [0.05, 0.1) is 5.70 Å². The monoisotopic (exact) mass is 580 g/mol. The molecule has 0 spiro atoms. The predicted molar refractivity (Wildman–Crippen MR) is 180 cm³/mol. The van der Waals surface area contributed by atoms with Gasteiger partial charge < -0.3 is 14.8 Å². The van der Waals surface area contributed by atoms with Crippen LogP contribution in [0, 0.1) is 11.8 Å². The zero-order valence-corrected chi connectivity index (χ0v) is 28.5. The SMILES string of the molecule is CC.CC1CCC1.CC1CCN(C(=C=O)CCCCCCCCCCCCCCCCCCCCCC=O)C1.CO. The Morgan fingerprint density at radius 2 is 1.02 bits per heavy atom. The predicted octanol–water partition coefficient (Wildman–Crippen LogP) is 10.9. The number of likely N-dealkylation sites (tertiary alicyclic amines) is 1. The maximum atomic E-state index is 11.2. The maximum absolute atomic E-state index is 11.2. The fourth-order valence-electron chi connectivity index (χ4n) is 5.59. The summed E-state index contributed by atoms with van der Waals surface area (Å²) < 4.78 is 0. The molecular formula is C37H73NO3. The molecule has 4 heteroatoms. The zero-order chi connectivity index (χ0) is 30.8. The Balaban J connectivity index is 0. The van der Waals surface area contributed by atoms with E-state index in [1.807, 2.05) is 13.8 Å². The Bertz CT molecular complexity index is 569. The molecule has 0 aromatic rings. The number of unbranched alkanes of at least 4 members (excludes halogenated alkanes) is 19. The minimum Gasteiger partial charge on any atom is -0.400 e. The van der Waals surface area contributed by atoms with Crippen molar-refractivity contribution in [2.24, 2.45) is 11.8 Å². The van der Waals surface area contributed by atoms with Crippen LogP contribution < -0.4 is 0 Å². The van der Waals surface area contributed by atoms with E-state index in [0.29, 0.717) is 0 Å².